The van der Waals surface area contributed by atoms with Crippen molar-refractivity contribution in [1.29, 1.82) is 0 Å². The van der Waals surface area contributed by atoms with Crippen molar-refractivity contribution < 1.29 is 9.59 Å². The van der Waals surface area contributed by atoms with Crippen LogP contribution in [-0.4, -0.2) is 21.4 Å². The van der Waals surface area contributed by atoms with Gasteiger partial charge in [0, 0.05) is 24.5 Å². The monoisotopic (exact) mass is 370 g/mol. The Morgan fingerprint density at radius 1 is 1.12 bits per heavy atom. The van der Waals surface area contributed by atoms with Crippen LogP contribution in [0.5, 0.6) is 0 Å². The molecule has 26 heavy (non-hydrogen) atoms. The summed E-state index contributed by atoms with van der Waals surface area (Å²) in [5, 5.41) is 3.53. The Balaban J connectivity index is 1.72. The van der Waals surface area contributed by atoms with Crippen LogP contribution in [0.2, 0.25) is 5.02 Å². The quantitative estimate of drug-likeness (QED) is 0.669. The largest absolute Gasteiger partial charge is 0.370 e. The summed E-state index contributed by atoms with van der Waals surface area (Å²) in [6, 6.07) is 14.9. The molecule has 3 rings (SSSR count). The number of amides is 2. The van der Waals surface area contributed by atoms with Crippen LogP contribution < -0.4 is 11.1 Å². The number of halogens is 1. The fraction of sp³-hybridized carbons (Fsp3) is 0.211. The van der Waals surface area contributed by atoms with Gasteiger partial charge in [-0.1, -0.05) is 35.9 Å². The van der Waals surface area contributed by atoms with E-state index < -0.39 is 0 Å². The molecule has 0 aliphatic carbocycles. The van der Waals surface area contributed by atoms with Gasteiger partial charge in [0.25, 0.3) is 0 Å². The van der Waals surface area contributed by atoms with Crippen LogP contribution in [0.4, 0.5) is 0 Å². The van der Waals surface area contributed by atoms with Gasteiger partial charge in [-0.05, 0) is 29.8 Å². The van der Waals surface area contributed by atoms with Crippen LogP contribution in [0.1, 0.15) is 17.8 Å². The van der Waals surface area contributed by atoms with Gasteiger partial charge in [-0.2, -0.15) is 0 Å². The van der Waals surface area contributed by atoms with Crippen molar-refractivity contribution >= 4 is 34.4 Å². The molecule has 0 saturated carbocycles. The zero-order valence-corrected chi connectivity index (χ0v) is 14.9. The van der Waals surface area contributed by atoms with E-state index in [2.05, 4.69) is 10.3 Å². The third kappa shape index (κ3) is 4.40. The number of nitrogens with two attached hydrogens (primary N) is 1. The van der Waals surface area contributed by atoms with Gasteiger partial charge >= 0.3 is 0 Å². The number of benzene rings is 2. The van der Waals surface area contributed by atoms with Crippen molar-refractivity contribution in [1.82, 2.24) is 14.9 Å². The van der Waals surface area contributed by atoms with Crippen LogP contribution in [0, 0.1) is 0 Å². The van der Waals surface area contributed by atoms with Gasteiger partial charge < -0.3 is 15.6 Å². The number of hydrogen-bond donors (Lipinski definition) is 2. The number of rotatable bonds is 7. The molecule has 0 saturated heterocycles. The summed E-state index contributed by atoms with van der Waals surface area (Å²) in [5.41, 5.74) is 7.90. The first-order chi connectivity index (χ1) is 12.5. The third-order valence-corrected chi connectivity index (χ3v) is 4.29. The topological polar surface area (TPSA) is 90.0 Å². The number of carbonyl (C=O) groups excluding carboxylic acids is 2. The van der Waals surface area contributed by atoms with Crippen molar-refractivity contribution in [2.75, 3.05) is 0 Å². The van der Waals surface area contributed by atoms with Gasteiger partial charge in [0.2, 0.25) is 11.8 Å². The number of para-hydroxylation sites is 2. The lowest BCUT2D eigenvalue weighted by Gasteiger charge is -2.09. The minimum Gasteiger partial charge on any atom is -0.370 e. The number of aryl methyl sites for hydroxylation is 1. The Morgan fingerprint density at radius 2 is 1.85 bits per heavy atom. The van der Waals surface area contributed by atoms with Crippen molar-refractivity contribution in [3.63, 3.8) is 0 Å². The van der Waals surface area contributed by atoms with Gasteiger partial charge in [0.05, 0.1) is 17.5 Å². The predicted molar refractivity (Wildman–Crippen MR) is 101 cm³/mol. The van der Waals surface area contributed by atoms with E-state index in [1.807, 2.05) is 41.0 Å². The molecular formula is C19H19ClN4O2. The highest BCUT2D eigenvalue weighted by Crippen LogP contribution is 2.17. The van der Waals surface area contributed by atoms with Crippen LogP contribution in [0.25, 0.3) is 11.0 Å². The molecule has 0 fully saturated rings. The number of aromatic nitrogens is 2. The van der Waals surface area contributed by atoms with Crippen molar-refractivity contribution in [2.24, 2.45) is 5.73 Å². The fourth-order valence-electron chi connectivity index (χ4n) is 2.74. The maximum atomic E-state index is 12.3. The molecule has 6 nitrogen and oxygen atoms in total. The van der Waals surface area contributed by atoms with Gasteiger partial charge in [-0.15, -0.1) is 0 Å². The zero-order chi connectivity index (χ0) is 18.5. The summed E-state index contributed by atoms with van der Waals surface area (Å²) >= 11 is 5.86. The SMILES string of the molecule is NC(=O)CCn1c(CC(=O)NCc2ccc(Cl)cc2)nc2ccccc21. The lowest BCUT2D eigenvalue weighted by atomic mass is 10.2. The third-order valence-electron chi connectivity index (χ3n) is 4.04. The van der Waals surface area contributed by atoms with Gasteiger partial charge in [-0.3, -0.25) is 9.59 Å². The van der Waals surface area contributed by atoms with E-state index in [0.29, 0.717) is 23.9 Å². The predicted octanol–water partition coefficient (Wildman–Crippen LogP) is 2.42. The Labute approximate surface area is 156 Å². The standard InChI is InChI=1S/C19H19ClN4O2/c20-14-7-5-13(6-8-14)12-22-19(26)11-18-23-15-3-1-2-4-16(15)24(18)10-9-17(21)25/h1-8H,9-12H2,(H2,21,25)(H,22,26). The average molecular weight is 371 g/mol. The van der Waals surface area contributed by atoms with Crippen LogP contribution in [-0.2, 0) is 29.1 Å². The second kappa shape index (κ2) is 8.01. The van der Waals surface area contributed by atoms with Gasteiger partial charge in [-0.25, -0.2) is 4.98 Å². The average Bonchev–Trinajstić information content (AvgIpc) is 2.96. The number of fused-ring (bicyclic) bond motifs is 1. The summed E-state index contributed by atoms with van der Waals surface area (Å²) in [6.45, 7) is 0.813. The summed E-state index contributed by atoms with van der Waals surface area (Å²) in [7, 11) is 0. The Morgan fingerprint density at radius 3 is 2.58 bits per heavy atom. The Bertz CT molecular complexity index is 934. The summed E-state index contributed by atoms with van der Waals surface area (Å²) in [5.74, 6) is 0.0811. The van der Waals surface area contributed by atoms with E-state index >= 15 is 0 Å². The molecule has 0 unspecified atom stereocenters. The fourth-order valence-corrected chi connectivity index (χ4v) is 2.87. The van der Waals surface area contributed by atoms with Crippen molar-refractivity contribution in [3.05, 3.63) is 64.9 Å². The summed E-state index contributed by atoms with van der Waals surface area (Å²) in [6.07, 6.45) is 0.320. The Kier molecular flexibility index (Phi) is 5.53. The first kappa shape index (κ1) is 17.9. The molecule has 134 valence electrons. The van der Waals surface area contributed by atoms with Crippen LogP contribution in [0.15, 0.2) is 48.5 Å². The van der Waals surface area contributed by atoms with Crippen molar-refractivity contribution in [2.45, 2.75) is 25.9 Å². The lowest BCUT2D eigenvalue weighted by molar-refractivity contribution is -0.120. The molecular weight excluding hydrogens is 352 g/mol. The minimum absolute atomic E-state index is 0.126. The second-order valence-electron chi connectivity index (χ2n) is 5.96. The molecule has 0 aliphatic heterocycles. The molecule has 7 heteroatoms. The first-order valence-corrected chi connectivity index (χ1v) is 8.64. The van der Waals surface area contributed by atoms with E-state index in [1.165, 1.54) is 0 Å². The van der Waals surface area contributed by atoms with E-state index in [4.69, 9.17) is 17.3 Å². The van der Waals surface area contributed by atoms with Gasteiger partial charge in [0.1, 0.15) is 5.82 Å². The summed E-state index contributed by atoms with van der Waals surface area (Å²) in [4.78, 5) is 28.0. The number of primary amides is 1. The number of hydrogen-bond acceptors (Lipinski definition) is 3. The normalized spacial score (nSPS) is 10.8. The molecule has 1 heterocycles. The number of imidazole rings is 1. The van der Waals surface area contributed by atoms with E-state index in [1.54, 1.807) is 12.1 Å². The summed E-state index contributed by atoms with van der Waals surface area (Å²) < 4.78 is 1.88. The second-order valence-corrected chi connectivity index (χ2v) is 6.40. The maximum absolute atomic E-state index is 12.3. The van der Waals surface area contributed by atoms with E-state index in [-0.39, 0.29) is 24.7 Å². The van der Waals surface area contributed by atoms with Crippen molar-refractivity contribution in [3.8, 4) is 0 Å². The molecule has 0 spiro atoms. The molecule has 0 radical (unpaired) electrons. The van der Waals surface area contributed by atoms with E-state index in [9.17, 15) is 9.59 Å². The van der Waals surface area contributed by atoms with Gasteiger partial charge in [0.15, 0.2) is 0 Å². The lowest BCUT2D eigenvalue weighted by Crippen LogP contribution is -2.26. The molecule has 3 N–H and O–H groups in total. The highest BCUT2D eigenvalue weighted by Gasteiger charge is 2.14. The van der Waals surface area contributed by atoms with E-state index in [0.717, 1.165) is 16.6 Å². The highest BCUT2D eigenvalue weighted by molar-refractivity contribution is 6.30. The van der Waals surface area contributed by atoms with Crippen LogP contribution >= 0.6 is 11.6 Å². The smallest absolute Gasteiger partial charge is 0.227 e. The molecule has 2 amide bonds. The molecule has 3 aromatic rings. The minimum atomic E-state index is -0.388. The molecule has 0 bridgehead atoms. The highest BCUT2D eigenvalue weighted by atomic mass is 35.5. The molecule has 0 aliphatic rings. The van der Waals surface area contributed by atoms with Crippen LogP contribution in [0.3, 0.4) is 0 Å². The maximum Gasteiger partial charge on any atom is 0.227 e. The zero-order valence-electron chi connectivity index (χ0n) is 14.1. The molecule has 1 aromatic heterocycles. The number of nitrogens with zero attached hydrogens (tertiary/aromatic N) is 2. The molecule has 0 atom stereocenters. The Hall–Kier alpha value is -2.86. The number of nitrogens with one attached hydrogen (secondary N) is 1. The number of carbonyl (C=O) groups is 2. The first-order valence-electron chi connectivity index (χ1n) is 8.26. The molecule has 2 aromatic carbocycles.